The van der Waals surface area contributed by atoms with Crippen molar-refractivity contribution in [2.75, 3.05) is 13.7 Å². The molecule has 1 amide bonds. The molecule has 0 saturated heterocycles. The largest absolute Gasteiger partial charge is 0.494 e. The molecule has 0 aliphatic heterocycles. The Morgan fingerprint density at radius 3 is 3.04 bits per heavy atom. The lowest BCUT2D eigenvalue weighted by atomic mass is 10.0. The maximum absolute atomic E-state index is 12.3. The van der Waals surface area contributed by atoms with Gasteiger partial charge >= 0.3 is 0 Å². The van der Waals surface area contributed by atoms with E-state index in [1.54, 1.807) is 42.4 Å². The summed E-state index contributed by atoms with van der Waals surface area (Å²) >= 11 is 1.56. The average Bonchev–Trinajstić information content (AvgIpc) is 3.15. The van der Waals surface area contributed by atoms with Gasteiger partial charge in [0, 0.05) is 35.7 Å². The van der Waals surface area contributed by atoms with Gasteiger partial charge in [-0.25, -0.2) is 4.98 Å². The van der Waals surface area contributed by atoms with Crippen LogP contribution >= 0.6 is 11.3 Å². The van der Waals surface area contributed by atoms with Crippen LogP contribution in [0.3, 0.4) is 0 Å². The summed E-state index contributed by atoms with van der Waals surface area (Å²) in [4.78, 5) is 20.6. The van der Waals surface area contributed by atoms with Crippen molar-refractivity contribution in [1.29, 1.82) is 0 Å². The van der Waals surface area contributed by atoms with Gasteiger partial charge < -0.3 is 10.1 Å². The monoisotopic (exact) mass is 339 g/mol. The molecule has 3 rings (SSSR count). The van der Waals surface area contributed by atoms with Crippen LogP contribution in [-0.2, 0) is 6.42 Å². The lowest BCUT2D eigenvalue weighted by molar-refractivity contribution is 0.0954. The molecule has 1 aromatic carbocycles. The first-order valence-corrected chi connectivity index (χ1v) is 8.46. The van der Waals surface area contributed by atoms with Gasteiger partial charge in [-0.05, 0) is 23.8 Å². The van der Waals surface area contributed by atoms with Gasteiger partial charge in [0.2, 0.25) is 0 Å². The van der Waals surface area contributed by atoms with E-state index < -0.39 is 0 Å². The van der Waals surface area contributed by atoms with Crippen LogP contribution in [0.2, 0.25) is 0 Å². The first kappa shape index (κ1) is 16.1. The minimum Gasteiger partial charge on any atom is -0.494 e. The fraction of sp³-hybridized carbons (Fsp3) is 0.167. The minimum atomic E-state index is -0.0971. The maximum Gasteiger partial charge on any atom is 0.251 e. The Balaban J connectivity index is 1.71. The standard InChI is InChI=1S/C18H17N3O2S/c1-23-17-10-19-7-6-16(17)13-3-2-4-14(9-13)18(22)20-8-5-15-11-24-12-21-15/h2-4,6-7,9-12H,5,8H2,1H3,(H,20,22). The number of thiazole rings is 1. The smallest absolute Gasteiger partial charge is 0.251 e. The van der Waals surface area contributed by atoms with Gasteiger partial charge in [-0.3, -0.25) is 9.78 Å². The molecule has 3 aromatic rings. The summed E-state index contributed by atoms with van der Waals surface area (Å²) in [6.45, 7) is 0.561. The highest BCUT2D eigenvalue weighted by molar-refractivity contribution is 7.07. The van der Waals surface area contributed by atoms with Gasteiger partial charge in [-0.2, -0.15) is 0 Å². The Morgan fingerprint density at radius 2 is 2.25 bits per heavy atom. The summed E-state index contributed by atoms with van der Waals surface area (Å²) < 4.78 is 5.34. The minimum absolute atomic E-state index is 0.0971. The number of benzene rings is 1. The zero-order chi connectivity index (χ0) is 16.8. The number of amides is 1. The molecule has 1 N–H and O–H groups in total. The van der Waals surface area contributed by atoms with Gasteiger partial charge in [0.25, 0.3) is 5.91 Å². The predicted molar refractivity (Wildman–Crippen MR) is 94.4 cm³/mol. The number of carbonyl (C=O) groups excluding carboxylic acids is 1. The van der Waals surface area contributed by atoms with Gasteiger partial charge in [0.15, 0.2) is 0 Å². The highest BCUT2D eigenvalue weighted by Crippen LogP contribution is 2.29. The number of rotatable bonds is 6. The highest BCUT2D eigenvalue weighted by atomic mass is 32.1. The molecule has 0 spiro atoms. The van der Waals surface area contributed by atoms with E-state index in [0.717, 1.165) is 23.2 Å². The molecule has 0 bridgehead atoms. The zero-order valence-corrected chi connectivity index (χ0v) is 14.0. The third-order valence-electron chi connectivity index (χ3n) is 3.59. The van der Waals surface area contributed by atoms with E-state index >= 15 is 0 Å². The molecule has 0 atom stereocenters. The molecule has 0 fully saturated rings. The first-order chi connectivity index (χ1) is 11.8. The Labute approximate surface area is 144 Å². The van der Waals surface area contributed by atoms with Gasteiger partial charge in [0.1, 0.15) is 5.75 Å². The molecule has 2 aromatic heterocycles. The molecule has 0 aliphatic carbocycles. The topological polar surface area (TPSA) is 64.1 Å². The molecular formula is C18H17N3O2S. The number of nitrogens with zero attached hydrogens (tertiary/aromatic N) is 2. The van der Waals surface area contributed by atoms with E-state index in [1.807, 2.05) is 29.6 Å². The molecule has 0 aliphatic rings. The number of carbonyl (C=O) groups is 1. The van der Waals surface area contributed by atoms with E-state index in [-0.39, 0.29) is 5.91 Å². The van der Waals surface area contributed by atoms with Crippen LogP contribution < -0.4 is 10.1 Å². The molecule has 0 unspecified atom stereocenters. The summed E-state index contributed by atoms with van der Waals surface area (Å²) in [7, 11) is 1.61. The SMILES string of the molecule is COc1cnccc1-c1cccc(C(=O)NCCc2cscn2)c1. The second-order valence-electron chi connectivity index (χ2n) is 5.14. The summed E-state index contributed by atoms with van der Waals surface area (Å²) in [6.07, 6.45) is 4.10. The van der Waals surface area contributed by atoms with Crippen LogP contribution in [0.25, 0.3) is 11.1 Å². The number of nitrogens with one attached hydrogen (secondary N) is 1. The van der Waals surface area contributed by atoms with E-state index in [0.29, 0.717) is 17.9 Å². The molecule has 122 valence electrons. The first-order valence-electron chi connectivity index (χ1n) is 7.51. The van der Waals surface area contributed by atoms with Crippen LogP contribution in [-0.4, -0.2) is 29.5 Å². The number of ether oxygens (including phenoxy) is 1. The highest BCUT2D eigenvalue weighted by Gasteiger charge is 2.10. The fourth-order valence-corrected chi connectivity index (χ4v) is 2.97. The second kappa shape index (κ2) is 7.70. The number of aromatic nitrogens is 2. The molecule has 5 nitrogen and oxygen atoms in total. The van der Waals surface area contributed by atoms with E-state index in [4.69, 9.17) is 4.74 Å². The molecule has 0 radical (unpaired) electrons. The van der Waals surface area contributed by atoms with Crippen LogP contribution in [0.4, 0.5) is 0 Å². The average molecular weight is 339 g/mol. The lowest BCUT2D eigenvalue weighted by Gasteiger charge is -2.09. The van der Waals surface area contributed by atoms with Crippen LogP contribution in [0, 0.1) is 0 Å². The van der Waals surface area contributed by atoms with Crippen molar-refractivity contribution in [3.63, 3.8) is 0 Å². The quantitative estimate of drug-likeness (QED) is 0.749. The number of hydrogen-bond acceptors (Lipinski definition) is 5. The summed E-state index contributed by atoms with van der Waals surface area (Å²) in [6, 6.07) is 9.35. The number of hydrogen-bond donors (Lipinski definition) is 1. The molecular weight excluding hydrogens is 322 g/mol. The Morgan fingerprint density at radius 1 is 1.33 bits per heavy atom. The Kier molecular flexibility index (Phi) is 5.18. The lowest BCUT2D eigenvalue weighted by Crippen LogP contribution is -2.25. The van der Waals surface area contributed by atoms with Gasteiger partial charge in [-0.1, -0.05) is 12.1 Å². The van der Waals surface area contributed by atoms with Crippen LogP contribution in [0.1, 0.15) is 16.1 Å². The van der Waals surface area contributed by atoms with Crippen molar-refractivity contribution in [2.24, 2.45) is 0 Å². The van der Waals surface area contributed by atoms with Crippen molar-refractivity contribution >= 4 is 17.2 Å². The molecule has 24 heavy (non-hydrogen) atoms. The summed E-state index contributed by atoms with van der Waals surface area (Å²) in [5, 5.41) is 4.92. The van der Waals surface area contributed by atoms with Crippen molar-refractivity contribution in [3.8, 4) is 16.9 Å². The molecule has 2 heterocycles. The van der Waals surface area contributed by atoms with Crippen LogP contribution in [0.15, 0.2) is 53.6 Å². The van der Waals surface area contributed by atoms with Crippen molar-refractivity contribution < 1.29 is 9.53 Å². The van der Waals surface area contributed by atoms with E-state index in [1.165, 1.54) is 0 Å². The third kappa shape index (κ3) is 3.78. The fourth-order valence-electron chi connectivity index (χ4n) is 2.38. The maximum atomic E-state index is 12.3. The van der Waals surface area contributed by atoms with E-state index in [9.17, 15) is 4.79 Å². The number of methoxy groups -OCH3 is 1. The predicted octanol–water partition coefficient (Wildman–Crippen LogP) is 3.19. The van der Waals surface area contributed by atoms with Gasteiger partial charge in [0.05, 0.1) is 24.5 Å². The third-order valence-corrected chi connectivity index (χ3v) is 4.23. The summed E-state index contributed by atoms with van der Waals surface area (Å²) in [5.74, 6) is 0.582. The molecule has 6 heteroatoms. The molecule has 0 saturated carbocycles. The van der Waals surface area contributed by atoms with Crippen molar-refractivity contribution in [1.82, 2.24) is 15.3 Å². The van der Waals surface area contributed by atoms with Gasteiger partial charge in [-0.15, -0.1) is 11.3 Å². The van der Waals surface area contributed by atoms with E-state index in [2.05, 4.69) is 15.3 Å². The summed E-state index contributed by atoms with van der Waals surface area (Å²) in [5.41, 5.74) is 5.23. The normalized spacial score (nSPS) is 10.4. The number of pyridine rings is 1. The second-order valence-corrected chi connectivity index (χ2v) is 5.86. The van der Waals surface area contributed by atoms with Crippen molar-refractivity contribution in [2.45, 2.75) is 6.42 Å². The zero-order valence-electron chi connectivity index (χ0n) is 13.2. The Hall–Kier alpha value is -2.73. The van der Waals surface area contributed by atoms with Crippen LogP contribution in [0.5, 0.6) is 5.75 Å². The van der Waals surface area contributed by atoms with Crippen molar-refractivity contribution in [3.05, 3.63) is 64.9 Å². The Bertz CT molecular complexity index is 819.